The molecular weight excluding hydrogens is 394 g/mol. The second kappa shape index (κ2) is 9.24. The average molecular weight is 419 g/mol. The van der Waals surface area contributed by atoms with Gasteiger partial charge in [0.2, 0.25) is 0 Å². The fourth-order valence-electron chi connectivity index (χ4n) is 3.89. The predicted molar refractivity (Wildman–Crippen MR) is 115 cm³/mol. The number of fused-ring (bicyclic) bond motifs is 3. The molecule has 3 aromatic rings. The molecule has 1 heterocycles. The van der Waals surface area contributed by atoms with E-state index in [0.717, 1.165) is 16.8 Å². The number of carbonyl (C=O) groups excluding carboxylic acids is 1. The Kier molecular flexibility index (Phi) is 6.25. The molecule has 2 atom stereocenters. The molecule has 1 amide bonds. The summed E-state index contributed by atoms with van der Waals surface area (Å²) in [5.74, 6) is -0.00863. The van der Waals surface area contributed by atoms with Crippen molar-refractivity contribution in [3.05, 3.63) is 83.2 Å². The summed E-state index contributed by atoms with van der Waals surface area (Å²) in [7, 11) is 0. The third kappa shape index (κ3) is 4.57. The third-order valence-electron chi connectivity index (χ3n) is 5.54. The summed E-state index contributed by atoms with van der Waals surface area (Å²) in [4.78, 5) is 12.2. The van der Waals surface area contributed by atoms with Crippen LogP contribution in [0.4, 0.5) is 4.79 Å². The number of ether oxygens (including phenoxy) is 1. The maximum absolute atomic E-state index is 12.2. The fraction of sp³-hybridized carbons (Fsp3) is 0.292. The van der Waals surface area contributed by atoms with Gasteiger partial charge in [0, 0.05) is 12.5 Å². The standard InChI is InChI=1S/C24H25N3O4/c1-15-10-11-21(27-26-15)23(29)22(28)12-13-25-24(30)31-14-20-18-8-4-2-6-16(18)17-7-3-5-9-19(17)20/h2-11,20,22-23,28-29H,12-14H2,1H3,(H,25,30). The highest BCUT2D eigenvalue weighted by atomic mass is 16.5. The first-order valence-corrected chi connectivity index (χ1v) is 10.3. The summed E-state index contributed by atoms with van der Waals surface area (Å²) >= 11 is 0. The Morgan fingerprint density at radius 2 is 1.65 bits per heavy atom. The van der Waals surface area contributed by atoms with Crippen LogP contribution in [0.25, 0.3) is 11.1 Å². The van der Waals surface area contributed by atoms with Crippen molar-refractivity contribution in [1.29, 1.82) is 0 Å². The first-order valence-electron chi connectivity index (χ1n) is 10.3. The SMILES string of the molecule is Cc1ccc(C(O)C(O)CCNC(=O)OCC2c3ccccc3-c3ccccc32)nn1. The summed E-state index contributed by atoms with van der Waals surface area (Å²) in [5, 5.41) is 30.7. The number of nitrogens with zero attached hydrogens (tertiary/aromatic N) is 2. The van der Waals surface area contributed by atoms with E-state index in [0.29, 0.717) is 5.69 Å². The Balaban J connectivity index is 1.28. The van der Waals surface area contributed by atoms with Gasteiger partial charge in [0.05, 0.1) is 17.5 Å². The van der Waals surface area contributed by atoms with E-state index < -0.39 is 18.3 Å². The summed E-state index contributed by atoms with van der Waals surface area (Å²) in [6, 6.07) is 19.6. The number of rotatable bonds is 7. The number of hydrogen-bond acceptors (Lipinski definition) is 6. The van der Waals surface area contributed by atoms with Gasteiger partial charge < -0.3 is 20.3 Å². The van der Waals surface area contributed by atoms with Crippen molar-refractivity contribution in [2.45, 2.75) is 31.5 Å². The highest BCUT2D eigenvalue weighted by Gasteiger charge is 2.29. The van der Waals surface area contributed by atoms with Crippen molar-refractivity contribution in [1.82, 2.24) is 15.5 Å². The van der Waals surface area contributed by atoms with E-state index in [1.54, 1.807) is 19.1 Å². The van der Waals surface area contributed by atoms with Gasteiger partial charge in [-0.05, 0) is 47.7 Å². The molecule has 2 unspecified atom stereocenters. The first kappa shape index (κ1) is 21.0. The quantitative estimate of drug-likeness (QED) is 0.544. The number of aliphatic hydroxyl groups is 2. The molecule has 0 aliphatic heterocycles. The molecule has 0 bridgehead atoms. The Morgan fingerprint density at radius 1 is 1.00 bits per heavy atom. The van der Waals surface area contributed by atoms with Gasteiger partial charge in [-0.25, -0.2) is 4.79 Å². The monoisotopic (exact) mass is 419 g/mol. The number of aryl methyl sites for hydroxylation is 1. The minimum absolute atomic E-state index is 0.00863. The van der Waals surface area contributed by atoms with Crippen molar-refractivity contribution < 1.29 is 19.7 Å². The average Bonchev–Trinajstić information content (AvgIpc) is 3.11. The largest absolute Gasteiger partial charge is 0.449 e. The molecule has 1 aliphatic rings. The van der Waals surface area contributed by atoms with Crippen LogP contribution >= 0.6 is 0 Å². The molecule has 7 heteroatoms. The Hall–Kier alpha value is -3.29. The van der Waals surface area contributed by atoms with Gasteiger partial charge in [-0.2, -0.15) is 10.2 Å². The van der Waals surface area contributed by atoms with E-state index in [4.69, 9.17) is 4.74 Å². The first-order chi connectivity index (χ1) is 15.0. The Bertz CT molecular complexity index is 1010. The van der Waals surface area contributed by atoms with E-state index >= 15 is 0 Å². The number of benzene rings is 2. The highest BCUT2D eigenvalue weighted by Crippen LogP contribution is 2.44. The lowest BCUT2D eigenvalue weighted by Gasteiger charge is -2.18. The molecule has 1 aromatic heterocycles. The number of aliphatic hydroxyl groups excluding tert-OH is 2. The van der Waals surface area contributed by atoms with E-state index in [1.807, 2.05) is 24.3 Å². The number of carbonyl (C=O) groups is 1. The second-order valence-corrected chi connectivity index (χ2v) is 7.65. The molecule has 0 fully saturated rings. The van der Waals surface area contributed by atoms with Gasteiger partial charge in [0.1, 0.15) is 12.7 Å². The Morgan fingerprint density at radius 3 is 2.26 bits per heavy atom. The van der Waals surface area contributed by atoms with Gasteiger partial charge >= 0.3 is 6.09 Å². The molecule has 31 heavy (non-hydrogen) atoms. The number of nitrogens with one attached hydrogen (secondary N) is 1. The van der Waals surface area contributed by atoms with E-state index in [9.17, 15) is 15.0 Å². The molecule has 4 rings (SSSR count). The Labute approximate surface area is 180 Å². The van der Waals surface area contributed by atoms with Crippen LogP contribution in [0.15, 0.2) is 60.7 Å². The fourth-order valence-corrected chi connectivity index (χ4v) is 3.89. The number of aromatic nitrogens is 2. The maximum atomic E-state index is 12.2. The van der Waals surface area contributed by atoms with Crippen molar-refractivity contribution >= 4 is 6.09 Å². The zero-order valence-electron chi connectivity index (χ0n) is 17.2. The van der Waals surface area contributed by atoms with Gasteiger partial charge in [0.15, 0.2) is 0 Å². The minimum Gasteiger partial charge on any atom is -0.449 e. The van der Waals surface area contributed by atoms with E-state index in [-0.39, 0.29) is 25.5 Å². The number of hydrogen-bond donors (Lipinski definition) is 3. The van der Waals surface area contributed by atoms with E-state index in [1.165, 1.54) is 11.1 Å². The van der Waals surface area contributed by atoms with Crippen LogP contribution in [0.1, 0.15) is 41.0 Å². The summed E-state index contributed by atoms with van der Waals surface area (Å²) in [6.45, 7) is 2.18. The van der Waals surface area contributed by atoms with Crippen LogP contribution in [-0.2, 0) is 4.74 Å². The van der Waals surface area contributed by atoms with Gasteiger partial charge in [-0.1, -0.05) is 48.5 Å². The van der Waals surface area contributed by atoms with Crippen LogP contribution in [0.2, 0.25) is 0 Å². The van der Waals surface area contributed by atoms with Gasteiger partial charge in [0.25, 0.3) is 0 Å². The lowest BCUT2D eigenvalue weighted by molar-refractivity contribution is 0.0106. The van der Waals surface area contributed by atoms with Crippen molar-refractivity contribution in [2.75, 3.05) is 13.2 Å². The van der Waals surface area contributed by atoms with E-state index in [2.05, 4.69) is 39.8 Å². The van der Waals surface area contributed by atoms with Crippen LogP contribution < -0.4 is 5.32 Å². The molecule has 0 spiro atoms. The molecule has 7 nitrogen and oxygen atoms in total. The van der Waals surface area contributed by atoms with Crippen LogP contribution in [-0.4, -0.2) is 45.8 Å². The van der Waals surface area contributed by atoms with Gasteiger partial charge in [-0.3, -0.25) is 0 Å². The molecular formula is C24H25N3O4. The smallest absolute Gasteiger partial charge is 0.407 e. The normalized spacial score (nSPS) is 14.4. The van der Waals surface area contributed by atoms with Crippen LogP contribution in [0.5, 0.6) is 0 Å². The minimum atomic E-state index is -1.17. The predicted octanol–water partition coefficient (Wildman–Crippen LogP) is 3.11. The molecule has 2 aromatic carbocycles. The molecule has 0 saturated heterocycles. The third-order valence-corrected chi connectivity index (χ3v) is 5.54. The summed E-state index contributed by atoms with van der Waals surface area (Å²) in [5.41, 5.74) is 5.65. The van der Waals surface area contributed by atoms with Crippen LogP contribution in [0, 0.1) is 6.92 Å². The maximum Gasteiger partial charge on any atom is 0.407 e. The lowest BCUT2D eigenvalue weighted by atomic mass is 9.98. The number of amides is 1. The zero-order valence-corrected chi connectivity index (χ0v) is 17.2. The highest BCUT2D eigenvalue weighted by molar-refractivity contribution is 5.79. The number of alkyl carbamates (subject to hydrolysis) is 1. The zero-order chi connectivity index (χ0) is 21.8. The topological polar surface area (TPSA) is 105 Å². The van der Waals surface area contributed by atoms with Gasteiger partial charge in [-0.15, -0.1) is 0 Å². The van der Waals surface area contributed by atoms with Crippen molar-refractivity contribution in [2.24, 2.45) is 0 Å². The van der Waals surface area contributed by atoms with Crippen LogP contribution in [0.3, 0.4) is 0 Å². The van der Waals surface area contributed by atoms with Crippen molar-refractivity contribution in [3.8, 4) is 11.1 Å². The molecule has 0 saturated carbocycles. The molecule has 0 radical (unpaired) electrons. The lowest BCUT2D eigenvalue weighted by Crippen LogP contribution is -2.31. The molecule has 1 aliphatic carbocycles. The molecule has 3 N–H and O–H groups in total. The second-order valence-electron chi connectivity index (χ2n) is 7.65. The summed E-state index contributed by atoms with van der Waals surface area (Å²) in [6.07, 6.45) is -2.65. The molecule has 160 valence electrons. The van der Waals surface area contributed by atoms with Crippen molar-refractivity contribution in [3.63, 3.8) is 0 Å². The summed E-state index contributed by atoms with van der Waals surface area (Å²) < 4.78 is 5.46.